The Hall–Kier alpha value is -1.75. The lowest BCUT2D eigenvalue weighted by atomic mass is 10.1. The monoisotopic (exact) mass is 237 g/mol. The van der Waals surface area contributed by atoms with Crippen molar-refractivity contribution in [2.45, 2.75) is 13.5 Å². The minimum Gasteiger partial charge on any atom is -0.496 e. The van der Waals surface area contributed by atoms with Crippen molar-refractivity contribution in [1.82, 2.24) is 4.90 Å². The van der Waals surface area contributed by atoms with Gasteiger partial charge in [0.2, 0.25) is 0 Å². The molecule has 0 atom stereocenters. The third-order valence-corrected chi connectivity index (χ3v) is 2.64. The molecule has 0 bridgehead atoms. The van der Waals surface area contributed by atoms with Gasteiger partial charge < -0.3 is 20.6 Å². The van der Waals surface area contributed by atoms with Crippen LogP contribution in [-0.4, -0.2) is 36.6 Å². The predicted molar refractivity (Wildman–Crippen MR) is 67.5 cm³/mol. The molecular formula is C12H19N3O2. The van der Waals surface area contributed by atoms with Crippen LogP contribution in [0.1, 0.15) is 18.1 Å². The Morgan fingerprint density at radius 1 is 1.53 bits per heavy atom. The fraction of sp³-hybridized carbons (Fsp3) is 0.417. The van der Waals surface area contributed by atoms with Crippen LogP contribution in [0.4, 0.5) is 0 Å². The molecule has 1 aromatic rings. The molecule has 0 saturated carbocycles. The van der Waals surface area contributed by atoms with Crippen LogP contribution in [0.5, 0.6) is 5.75 Å². The lowest BCUT2D eigenvalue weighted by Crippen LogP contribution is -2.18. The molecule has 0 aliphatic carbocycles. The average Bonchev–Trinajstić information content (AvgIpc) is 2.37. The zero-order chi connectivity index (χ0) is 12.8. The van der Waals surface area contributed by atoms with Gasteiger partial charge in [-0.3, -0.25) is 0 Å². The van der Waals surface area contributed by atoms with E-state index in [1.165, 1.54) is 0 Å². The summed E-state index contributed by atoms with van der Waals surface area (Å²) in [5, 5.41) is 11.7. The Morgan fingerprint density at radius 2 is 2.24 bits per heavy atom. The quantitative estimate of drug-likeness (QED) is 0.350. The third kappa shape index (κ3) is 3.35. The molecule has 0 aliphatic heterocycles. The molecule has 0 saturated heterocycles. The Kier molecular flexibility index (Phi) is 4.78. The van der Waals surface area contributed by atoms with Crippen molar-refractivity contribution in [2.24, 2.45) is 10.9 Å². The number of methoxy groups -OCH3 is 1. The van der Waals surface area contributed by atoms with E-state index in [1.54, 1.807) is 7.11 Å². The van der Waals surface area contributed by atoms with Gasteiger partial charge in [-0.15, -0.1) is 0 Å². The summed E-state index contributed by atoms with van der Waals surface area (Å²) in [7, 11) is 3.59. The minimum absolute atomic E-state index is 0.0582. The van der Waals surface area contributed by atoms with Gasteiger partial charge in [0.05, 0.1) is 12.7 Å². The van der Waals surface area contributed by atoms with Gasteiger partial charge in [-0.05, 0) is 31.3 Å². The van der Waals surface area contributed by atoms with Crippen LogP contribution in [0.3, 0.4) is 0 Å². The van der Waals surface area contributed by atoms with Gasteiger partial charge in [0.25, 0.3) is 0 Å². The highest BCUT2D eigenvalue weighted by Gasteiger charge is 2.09. The van der Waals surface area contributed by atoms with Crippen molar-refractivity contribution in [3.05, 3.63) is 29.3 Å². The Balaban J connectivity index is 3.05. The van der Waals surface area contributed by atoms with Crippen molar-refractivity contribution in [3.8, 4) is 5.75 Å². The molecule has 0 aliphatic rings. The molecule has 0 radical (unpaired) electrons. The van der Waals surface area contributed by atoms with Crippen LogP contribution in [0.15, 0.2) is 23.4 Å². The Morgan fingerprint density at radius 3 is 2.76 bits per heavy atom. The van der Waals surface area contributed by atoms with Gasteiger partial charge in [-0.25, -0.2) is 0 Å². The lowest BCUT2D eigenvalue weighted by molar-refractivity contribution is 0.318. The SMILES string of the molecule is CCN(C)Cc1ccc(OC)c(C(N)=NO)c1. The maximum atomic E-state index is 8.72. The molecule has 0 aromatic heterocycles. The molecule has 94 valence electrons. The lowest BCUT2D eigenvalue weighted by Gasteiger charge is -2.15. The van der Waals surface area contributed by atoms with Crippen LogP contribution in [-0.2, 0) is 6.54 Å². The molecule has 0 amide bonds. The Labute approximate surface area is 101 Å². The van der Waals surface area contributed by atoms with E-state index in [0.717, 1.165) is 18.7 Å². The normalized spacial score (nSPS) is 11.9. The first kappa shape index (κ1) is 13.3. The summed E-state index contributed by atoms with van der Waals surface area (Å²) in [6, 6.07) is 5.67. The fourth-order valence-corrected chi connectivity index (χ4v) is 1.53. The average molecular weight is 237 g/mol. The molecule has 3 N–H and O–H groups in total. The summed E-state index contributed by atoms with van der Waals surface area (Å²) < 4.78 is 5.17. The van der Waals surface area contributed by atoms with Crippen molar-refractivity contribution in [2.75, 3.05) is 20.7 Å². The van der Waals surface area contributed by atoms with Crippen LogP contribution >= 0.6 is 0 Å². The predicted octanol–water partition coefficient (Wildman–Crippen LogP) is 1.24. The van der Waals surface area contributed by atoms with Crippen LogP contribution in [0.25, 0.3) is 0 Å². The number of nitrogens with two attached hydrogens (primary N) is 1. The number of hydrogen-bond donors (Lipinski definition) is 2. The highest BCUT2D eigenvalue weighted by atomic mass is 16.5. The molecule has 5 heteroatoms. The molecule has 5 nitrogen and oxygen atoms in total. The van der Waals surface area contributed by atoms with E-state index in [0.29, 0.717) is 11.3 Å². The third-order valence-electron chi connectivity index (χ3n) is 2.64. The number of nitrogens with zero attached hydrogens (tertiary/aromatic N) is 2. The zero-order valence-corrected chi connectivity index (χ0v) is 10.5. The summed E-state index contributed by atoms with van der Waals surface area (Å²) in [4.78, 5) is 2.16. The van der Waals surface area contributed by atoms with Crippen molar-refractivity contribution >= 4 is 5.84 Å². The van der Waals surface area contributed by atoms with Crippen LogP contribution in [0.2, 0.25) is 0 Å². The van der Waals surface area contributed by atoms with Gasteiger partial charge >= 0.3 is 0 Å². The molecule has 1 rings (SSSR count). The van der Waals surface area contributed by atoms with E-state index in [4.69, 9.17) is 15.7 Å². The number of oxime groups is 1. The van der Waals surface area contributed by atoms with Crippen molar-refractivity contribution in [3.63, 3.8) is 0 Å². The molecule has 1 aromatic carbocycles. The Bertz CT molecular complexity index is 405. The molecule has 0 heterocycles. The highest BCUT2D eigenvalue weighted by Crippen LogP contribution is 2.20. The molecule has 17 heavy (non-hydrogen) atoms. The van der Waals surface area contributed by atoms with Gasteiger partial charge in [0.1, 0.15) is 5.75 Å². The summed E-state index contributed by atoms with van der Waals surface area (Å²) in [6.45, 7) is 3.87. The summed E-state index contributed by atoms with van der Waals surface area (Å²) >= 11 is 0. The smallest absolute Gasteiger partial charge is 0.173 e. The van der Waals surface area contributed by atoms with Gasteiger partial charge in [-0.1, -0.05) is 18.1 Å². The number of rotatable bonds is 5. The molecule has 0 spiro atoms. The van der Waals surface area contributed by atoms with Gasteiger partial charge in [0.15, 0.2) is 5.84 Å². The van der Waals surface area contributed by atoms with Crippen LogP contribution in [0, 0.1) is 0 Å². The number of amidine groups is 1. The molecule has 0 unspecified atom stereocenters. The fourth-order valence-electron chi connectivity index (χ4n) is 1.53. The molecule has 0 fully saturated rings. The topological polar surface area (TPSA) is 71.1 Å². The largest absolute Gasteiger partial charge is 0.496 e. The second-order valence-corrected chi connectivity index (χ2v) is 3.85. The highest BCUT2D eigenvalue weighted by molar-refractivity contribution is 5.99. The second kappa shape index (κ2) is 6.10. The summed E-state index contributed by atoms with van der Waals surface area (Å²) in [6.07, 6.45) is 0. The maximum absolute atomic E-state index is 8.72. The van der Waals surface area contributed by atoms with E-state index in [2.05, 4.69) is 17.0 Å². The first-order valence-corrected chi connectivity index (χ1v) is 5.45. The number of benzene rings is 1. The van der Waals surface area contributed by atoms with Crippen molar-refractivity contribution < 1.29 is 9.94 Å². The first-order chi connectivity index (χ1) is 8.12. The van der Waals surface area contributed by atoms with Gasteiger partial charge in [0, 0.05) is 6.54 Å². The van der Waals surface area contributed by atoms with Gasteiger partial charge in [-0.2, -0.15) is 0 Å². The standard InChI is InChI=1S/C12H19N3O2/c1-4-15(2)8-9-5-6-11(17-3)10(7-9)12(13)14-16/h5-7,16H,4,8H2,1-3H3,(H2,13,14). The number of ether oxygens (including phenoxy) is 1. The molecular weight excluding hydrogens is 218 g/mol. The number of hydrogen-bond acceptors (Lipinski definition) is 4. The van der Waals surface area contributed by atoms with E-state index in [9.17, 15) is 0 Å². The second-order valence-electron chi connectivity index (χ2n) is 3.85. The zero-order valence-electron chi connectivity index (χ0n) is 10.5. The van der Waals surface area contributed by atoms with Crippen molar-refractivity contribution in [1.29, 1.82) is 0 Å². The van der Waals surface area contributed by atoms with Crippen LogP contribution < -0.4 is 10.5 Å². The van der Waals surface area contributed by atoms with E-state index in [-0.39, 0.29) is 5.84 Å². The van der Waals surface area contributed by atoms with E-state index in [1.807, 2.05) is 25.2 Å². The first-order valence-electron chi connectivity index (χ1n) is 5.45. The summed E-state index contributed by atoms with van der Waals surface area (Å²) in [5.41, 5.74) is 7.31. The maximum Gasteiger partial charge on any atom is 0.173 e. The van der Waals surface area contributed by atoms with E-state index >= 15 is 0 Å². The minimum atomic E-state index is 0.0582. The van der Waals surface area contributed by atoms with E-state index < -0.39 is 0 Å². The summed E-state index contributed by atoms with van der Waals surface area (Å²) in [5.74, 6) is 0.658.